The Morgan fingerprint density at radius 3 is 2.80 bits per heavy atom. The Labute approximate surface area is 195 Å². The maximum atomic E-state index is 12.4. The minimum absolute atomic E-state index is 0. The summed E-state index contributed by atoms with van der Waals surface area (Å²) in [5.41, 5.74) is 12.2. The average Bonchev–Trinajstić information content (AvgIpc) is 3.19. The number of guanidine groups is 1. The molecule has 0 unspecified atom stereocenters. The summed E-state index contributed by atoms with van der Waals surface area (Å²) in [5.74, 6) is 0.634. The van der Waals surface area contributed by atoms with Crippen LogP contribution in [0.2, 0.25) is 0 Å². The van der Waals surface area contributed by atoms with E-state index >= 15 is 0 Å². The zero-order valence-electron chi connectivity index (χ0n) is 17.9. The van der Waals surface area contributed by atoms with Crippen LogP contribution in [0.3, 0.4) is 0 Å². The summed E-state index contributed by atoms with van der Waals surface area (Å²) in [7, 11) is 3.78. The molecule has 2 aliphatic rings. The van der Waals surface area contributed by atoms with Gasteiger partial charge in [-0.25, -0.2) is 0 Å². The fraction of sp³-hybridized carbons (Fsp3) is 0.500. The Balaban J connectivity index is 0.00000256. The van der Waals surface area contributed by atoms with Gasteiger partial charge >= 0.3 is 0 Å². The predicted molar refractivity (Wildman–Crippen MR) is 130 cm³/mol. The van der Waals surface area contributed by atoms with Crippen molar-refractivity contribution in [3.05, 3.63) is 46.8 Å². The molecule has 2 heterocycles. The van der Waals surface area contributed by atoms with Gasteiger partial charge in [0.1, 0.15) is 0 Å². The first-order valence-electron chi connectivity index (χ1n) is 10.4. The van der Waals surface area contributed by atoms with E-state index < -0.39 is 0 Å². The first-order chi connectivity index (χ1) is 14.0. The fourth-order valence-electron chi connectivity index (χ4n) is 4.68. The van der Waals surface area contributed by atoms with Gasteiger partial charge < -0.3 is 16.0 Å². The molecule has 0 bridgehead atoms. The highest BCUT2D eigenvalue weighted by molar-refractivity contribution is 14.0. The van der Waals surface area contributed by atoms with Crippen LogP contribution in [0.25, 0.3) is 0 Å². The molecule has 1 aromatic carbocycles. The molecule has 30 heavy (non-hydrogen) atoms. The lowest BCUT2D eigenvalue weighted by atomic mass is 9.90. The standard InChI is InChI=1S/C22H30N6O.HI/c1-14-18(13-25-28(14)3)21-16(11-20(29)27(21)2)12-24-22(23)26-19-10-6-8-15-7-4-5-9-17(15)19;/h6,8,10,13,16,21H,4-5,7,9,11-12H2,1-3H3,(H3,23,24,26);1H/t16-,21+;/m0./s1. The third-order valence-corrected chi connectivity index (χ3v) is 6.44. The molecule has 3 N–H and O–H groups in total. The van der Waals surface area contributed by atoms with Crippen LogP contribution in [0.4, 0.5) is 5.69 Å². The summed E-state index contributed by atoms with van der Waals surface area (Å²) in [5, 5.41) is 7.65. The number of carbonyl (C=O) groups is 1. The number of aliphatic imine (C=N–C) groups is 1. The quantitative estimate of drug-likeness (QED) is 0.367. The van der Waals surface area contributed by atoms with Gasteiger partial charge in [-0.3, -0.25) is 14.5 Å². The van der Waals surface area contributed by atoms with E-state index in [4.69, 9.17) is 5.73 Å². The average molecular weight is 522 g/mol. The zero-order valence-corrected chi connectivity index (χ0v) is 20.2. The van der Waals surface area contributed by atoms with Crippen LogP contribution in [-0.2, 0) is 24.7 Å². The van der Waals surface area contributed by atoms with Crippen LogP contribution < -0.4 is 11.1 Å². The fourth-order valence-corrected chi connectivity index (χ4v) is 4.68. The SMILES string of the molecule is Cc1c([C@H]2[C@H](CN=C(N)Nc3cccc4c3CCCC4)CC(=O)N2C)cnn1C.I. The maximum absolute atomic E-state index is 12.4. The van der Waals surface area contributed by atoms with Crippen LogP contribution in [-0.4, -0.2) is 40.1 Å². The molecule has 0 radical (unpaired) electrons. The molecule has 1 aliphatic carbocycles. The van der Waals surface area contributed by atoms with E-state index in [0.29, 0.717) is 18.9 Å². The molecule has 1 saturated heterocycles. The van der Waals surface area contributed by atoms with Crippen molar-refractivity contribution in [1.82, 2.24) is 14.7 Å². The van der Waals surface area contributed by atoms with Gasteiger partial charge in [-0.05, 0) is 49.8 Å². The molecule has 2 atom stereocenters. The number of likely N-dealkylation sites (tertiary alicyclic amines) is 1. The Morgan fingerprint density at radius 1 is 1.30 bits per heavy atom. The number of aromatic nitrogens is 2. The second-order valence-corrected chi connectivity index (χ2v) is 8.22. The first kappa shape index (κ1) is 22.6. The van der Waals surface area contributed by atoms with Crippen LogP contribution in [0.5, 0.6) is 0 Å². The number of nitrogens with one attached hydrogen (secondary N) is 1. The summed E-state index contributed by atoms with van der Waals surface area (Å²) in [4.78, 5) is 18.8. The lowest BCUT2D eigenvalue weighted by Gasteiger charge is -2.24. The van der Waals surface area contributed by atoms with Gasteiger partial charge in [0.25, 0.3) is 0 Å². The summed E-state index contributed by atoms with van der Waals surface area (Å²) < 4.78 is 1.85. The smallest absolute Gasteiger partial charge is 0.223 e. The molecule has 4 rings (SSSR count). The summed E-state index contributed by atoms with van der Waals surface area (Å²) in [6.07, 6.45) is 7.02. The second-order valence-electron chi connectivity index (χ2n) is 8.22. The highest BCUT2D eigenvalue weighted by Crippen LogP contribution is 2.38. The number of nitrogens with zero attached hydrogens (tertiary/aromatic N) is 4. The second kappa shape index (κ2) is 9.36. The van der Waals surface area contributed by atoms with Gasteiger partial charge in [0.2, 0.25) is 5.91 Å². The van der Waals surface area contributed by atoms with Crippen LogP contribution in [0, 0.1) is 12.8 Å². The Kier molecular flexibility index (Phi) is 7.05. The Bertz CT molecular complexity index is 953. The Hall–Kier alpha value is -2.10. The number of anilines is 1. The van der Waals surface area contributed by atoms with Gasteiger partial charge in [0, 0.05) is 49.9 Å². The van der Waals surface area contributed by atoms with Crippen molar-refractivity contribution < 1.29 is 4.79 Å². The van der Waals surface area contributed by atoms with Crippen molar-refractivity contribution in [3.63, 3.8) is 0 Å². The number of halogens is 1. The molecule has 7 nitrogen and oxygen atoms in total. The largest absolute Gasteiger partial charge is 0.370 e. The molecule has 0 saturated carbocycles. The van der Waals surface area contributed by atoms with Crippen molar-refractivity contribution >= 4 is 41.5 Å². The van der Waals surface area contributed by atoms with E-state index in [0.717, 1.165) is 29.8 Å². The van der Waals surface area contributed by atoms with E-state index in [2.05, 4.69) is 33.6 Å². The highest BCUT2D eigenvalue weighted by Gasteiger charge is 2.39. The van der Waals surface area contributed by atoms with Gasteiger partial charge in [0.05, 0.1) is 12.2 Å². The van der Waals surface area contributed by atoms with E-state index in [1.54, 1.807) is 0 Å². The molecular formula is C22H31IN6O. The number of rotatable bonds is 4. The lowest BCUT2D eigenvalue weighted by Crippen LogP contribution is -2.27. The molecule has 1 aliphatic heterocycles. The monoisotopic (exact) mass is 522 g/mol. The topological polar surface area (TPSA) is 88.5 Å². The van der Waals surface area contributed by atoms with E-state index in [1.165, 1.54) is 24.0 Å². The minimum atomic E-state index is -0.0164. The Morgan fingerprint density at radius 2 is 2.07 bits per heavy atom. The molecule has 1 aromatic heterocycles. The molecule has 0 spiro atoms. The van der Waals surface area contributed by atoms with Crippen molar-refractivity contribution in [1.29, 1.82) is 0 Å². The molecule has 2 aromatic rings. The first-order valence-corrected chi connectivity index (χ1v) is 10.4. The normalized spacial score (nSPS) is 21.4. The van der Waals surface area contributed by atoms with Crippen molar-refractivity contribution in [3.8, 4) is 0 Å². The molecule has 1 fully saturated rings. The number of fused-ring (bicyclic) bond motifs is 1. The van der Waals surface area contributed by atoms with Crippen LogP contribution >= 0.6 is 24.0 Å². The highest BCUT2D eigenvalue weighted by atomic mass is 127. The predicted octanol–water partition coefficient (Wildman–Crippen LogP) is 3.17. The number of aryl methyl sites for hydroxylation is 2. The summed E-state index contributed by atoms with van der Waals surface area (Å²) in [6, 6.07) is 6.33. The molecule has 8 heteroatoms. The van der Waals surface area contributed by atoms with Gasteiger partial charge in [0.15, 0.2) is 5.96 Å². The number of hydrogen-bond acceptors (Lipinski definition) is 3. The third-order valence-electron chi connectivity index (χ3n) is 6.44. The number of carbonyl (C=O) groups excluding carboxylic acids is 1. The molecule has 1 amide bonds. The lowest BCUT2D eigenvalue weighted by molar-refractivity contribution is -0.127. The summed E-state index contributed by atoms with van der Waals surface area (Å²) in [6.45, 7) is 2.54. The molecular weight excluding hydrogens is 491 g/mol. The van der Waals surface area contributed by atoms with Gasteiger partial charge in [-0.1, -0.05) is 12.1 Å². The van der Waals surface area contributed by atoms with Crippen LogP contribution in [0.1, 0.15) is 47.7 Å². The number of nitrogens with two attached hydrogens (primary N) is 1. The number of benzene rings is 1. The molecule has 162 valence electrons. The summed E-state index contributed by atoms with van der Waals surface area (Å²) >= 11 is 0. The van der Waals surface area contributed by atoms with E-state index in [-0.39, 0.29) is 41.8 Å². The third kappa shape index (κ3) is 4.33. The number of hydrogen-bond donors (Lipinski definition) is 2. The van der Waals surface area contributed by atoms with E-state index in [9.17, 15) is 4.79 Å². The zero-order chi connectivity index (χ0) is 20.5. The van der Waals surface area contributed by atoms with E-state index in [1.807, 2.05) is 36.8 Å². The van der Waals surface area contributed by atoms with Crippen LogP contribution in [0.15, 0.2) is 29.4 Å². The van der Waals surface area contributed by atoms with Gasteiger partial charge in [-0.2, -0.15) is 5.10 Å². The van der Waals surface area contributed by atoms with Crippen molar-refractivity contribution in [2.24, 2.45) is 23.7 Å². The maximum Gasteiger partial charge on any atom is 0.223 e. The van der Waals surface area contributed by atoms with Gasteiger partial charge in [-0.15, -0.1) is 24.0 Å². The van der Waals surface area contributed by atoms with Crippen molar-refractivity contribution in [2.45, 2.75) is 45.1 Å². The minimum Gasteiger partial charge on any atom is -0.370 e. The number of amides is 1. The van der Waals surface area contributed by atoms with Crippen molar-refractivity contribution in [2.75, 3.05) is 18.9 Å².